The van der Waals surface area contributed by atoms with E-state index in [2.05, 4.69) is 31.8 Å². The van der Waals surface area contributed by atoms with Crippen LogP contribution in [0.2, 0.25) is 0 Å². The molecule has 5 nitrogen and oxygen atoms in total. The Labute approximate surface area is 114 Å². The predicted molar refractivity (Wildman–Crippen MR) is 74.7 cm³/mol. The highest BCUT2D eigenvalue weighted by Gasteiger charge is 2.13. The molecule has 5 heteroatoms. The Morgan fingerprint density at radius 1 is 1.26 bits per heavy atom. The van der Waals surface area contributed by atoms with E-state index in [-0.39, 0.29) is 6.04 Å². The Kier molecular flexibility index (Phi) is 4.63. The summed E-state index contributed by atoms with van der Waals surface area (Å²) in [5.74, 6) is 1.10. The van der Waals surface area contributed by atoms with E-state index in [1.165, 1.54) is 0 Å². The number of hydrogen-bond donors (Lipinski definition) is 1. The summed E-state index contributed by atoms with van der Waals surface area (Å²) in [6, 6.07) is 0.231. The molecule has 0 aromatic carbocycles. The average Bonchev–Trinajstić information content (AvgIpc) is 2.81. The van der Waals surface area contributed by atoms with Gasteiger partial charge < -0.3 is 9.88 Å². The van der Waals surface area contributed by atoms with Gasteiger partial charge in [-0.2, -0.15) is 0 Å². The smallest absolute Gasteiger partial charge is 0.108 e. The lowest BCUT2D eigenvalue weighted by molar-refractivity contribution is 0.493. The van der Waals surface area contributed by atoms with E-state index >= 15 is 0 Å². The molecule has 1 unspecified atom stereocenters. The van der Waals surface area contributed by atoms with Crippen molar-refractivity contribution in [1.82, 2.24) is 24.8 Å². The first-order valence-electron chi connectivity index (χ1n) is 6.68. The summed E-state index contributed by atoms with van der Waals surface area (Å²) in [4.78, 5) is 13.1. The summed E-state index contributed by atoms with van der Waals surface area (Å²) in [6.45, 7) is 4.98. The quantitative estimate of drug-likeness (QED) is 0.859. The fourth-order valence-electron chi connectivity index (χ4n) is 2.09. The summed E-state index contributed by atoms with van der Waals surface area (Å²) in [6.07, 6.45) is 9.39. The van der Waals surface area contributed by atoms with Crippen LogP contribution in [0.4, 0.5) is 0 Å². The molecule has 2 heterocycles. The molecule has 1 N–H and O–H groups in total. The van der Waals surface area contributed by atoms with Gasteiger partial charge in [0, 0.05) is 32.1 Å². The van der Waals surface area contributed by atoms with Crippen LogP contribution in [0, 0.1) is 6.92 Å². The first-order valence-corrected chi connectivity index (χ1v) is 6.68. The van der Waals surface area contributed by atoms with Gasteiger partial charge in [-0.1, -0.05) is 6.92 Å². The lowest BCUT2D eigenvalue weighted by Crippen LogP contribution is -2.23. The van der Waals surface area contributed by atoms with E-state index in [0.29, 0.717) is 0 Å². The zero-order chi connectivity index (χ0) is 13.7. The van der Waals surface area contributed by atoms with Gasteiger partial charge in [0.1, 0.15) is 5.82 Å². The molecule has 0 aliphatic rings. The molecule has 0 saturated carbocycles. The van der Waals surface area contributed by atoms with E-state index in [1.807, 2.05) is 38.8 Å². The van der Waals surface area contributed by atoms with Gasteiger partial charge in [0.15, 0.2) is 0 Å². The number of nitrogens with one attached hydrogen (secondary N) is 1. The van der Waals surface area contributed by atoms with E-state index < -0.39 is 0 Å². The van der Waals surface area contributed by atoms with Crippen LogP contribution in [0.5, 0.6) is 0 Å². The van der Waals surface area contributed by atoms with E-state index in [4.69, 9.17) is 0 Å². The zero-order valence-corrected chi connectivity index (χ0v) is 11.8. The van der Waals surface area contributed by atoms with Crippen molar-refractivity contribution in [2.45, 2.75) is 32.7 Å². The maximum Gasteiger partial charge on any atom is 0.108 e. The maximum absolute atomic E-state index is 4.47. The lowest BCUT2D eigenvalue weighted by atomic mass is 10.1. The molecule has 0 spiro atoms. The number of imidazole rings is 1. The second-order valence-electron chi connectivity index (χ2n) is 4.69. The van der Waals surface area contributed by atoms with Gasteiger partial charge in [-0.05, 0) is 19.9 Å². The highest BCUT2D eigenvalue weighted by atomic mass is 15.0. The summed E-state index contributed by atoms with van der Waals surface area (Å²) >= 11 is 0. The van der Waals surface area contributed by atoms with Crippen LogP contribution in [0.3, 0.4) is 0 Å². The normalized spacial score (nSPS) is 12.6. The lowest BCUT2D eigenvalue weighted by Gasteiger charge is -2.17. The van der Waals surface area contributed by atoms with Gasteiger partial charge in [-0.25, -0.2) is 4.98 Å². The molecule has 1 atom stereocenters. The number of rotatable bonds is 6. The summed E-state index contributed by atoms with van der Waals surface area (Å²) < 4.78 is 2.06. The van der Waals surface area contributed by atoms with Crippen LogP contribution >= 0.6 is 0 Å². The molecule has 0 fully saturated rings. The van der Waals surface area contributed by atoms with Crippen LogP contribution in [-0.4, -0.2) is 26.1 Å². The first kappa shape index (κ1) is 13.7. The Balaban J connectivity index is 2.04. The van der Waals surface area contributed by atoms with Crippen molar-refractivity contribution in [3.05, 3.63) is 42.0 Å². The second-order valence-corrected chi connectivity index (χ2v) is 4.69. The van der Waals surface area contributed by atoms with Gasteiger partial charge in [-0.15, -0.1) is 0 Å². The number of aryl methyl sites for hydroxylation is 3. The van der Waals surface area contributed by atoms with E-state index in [9.17, 15) is 0 Å². The van der Waals surface area contributed by atoms with E-state index in [0.717, 1.165) is 36.6 Å². The summed E-state index contributed by atoms with van der Waals surface area (Å²) in [7, 11) is 2.02. The van der Waals surface area contributed by atoms with Crippen molar-refractivity contribution in [2.75, 3.05) is 6.54 Å². The third-order valence-electron chi connectivity index (χ3n) is 3.19. The van der Waals surface area contributed by atoms with Crippen LogP contribution in [0.25, 0.3) is 0 Å². The van der Waals surface area contributed by atoms with E-state index in [1.54, 1.807) is 0 Å². The predicted octanol–water partition coefficient (Wildman–Crippen LogP) is 1.80. The SMILES string of the molecule is CCNC(CCc1nccn1C)c1cnc(C)cn1. The van der Waals surface area contributed by atoms with Crippen molar-refractivity contribution < 1.29 is 0 Å². The highest BCUT2D eigenvalue weighted by molar-refractivity contribution is 5.06. The van der Waals surface area contributed by atoms with Crippen LogP contribution in [0.1, 0.15) is 36.6 Å². The largest absolute Gasteiger partial charge is 0.338 e. The fourth-order valence-corrected chi connectivity index (χ4v) is 2.09. The highest BCUT2D eigenvalue weighted by Crippen LogP contribution is 2.16. The minimum absolute atomic E-state index is 0.231. The van der Waals surface area contributed by atoms with Gasteiger partial charge in [0.05, 0.1) is 23.6 Å². The van der Waals surface area contributed by atoms with Crippen molar-refractivity contribution in [3.8, 4) is 0 Å². The molecule has 0 bridgehead atoms. The molecular formula is C14H21N5. The van der Waals surface area contributed by atoms with Crippen LogP contribution in [-0.2, 0) is 13.5 Å². The summed E-state index contributed by atoms with van der Waals surface area (Å²) in [5.41, 5.74) is 1.95. The molecule has 19 heavy (non-hydrogen) atoms. The standard InChI is InChI=1S/C14H21N5/c1-4-15-12(13-10-17-11(2)9-18-13)5-6-14-16-7-8-19(14)3/h7-10,12,15H,4-6H2,1-3H3. The van der Waals surface area contributed by atoms with Crippen molar-refractivity contribution in [1.29, 1.82) is 0 Å². The molecule has 0 saturated heterocycles. The van der Waals surface area contributed by atoms with Gasteiger partial charge in [-0.3, -0.25) is 9.97 Å². The van der Waals surface area contributed by atoms with Crippen LogP contribution < -0.4 is 5.32 Å². The molecule has 2 rings (SSSR count). The zero-order valence-electron chi connectivity index (χ0n) is 11.8. The van der Waals surface area contributed by atoms with Crippen molar-refractivity contribution in [2.24, 2.45) is 7.05 Å². The molecule has 2 aromatic heterocycles. The Hall–Kier alpha value is -1.75. The molecular weight excluding hydrogens is 238 g/mol. The van der Waals surface area contributed by atoms with Gasteiger partial charge in [0.25, 0.3) is 0 Å². The van der Waals surface area contributed by atoms with Crippen LogP contribution in [0.15, 0.2) is 24.8 Å². The number of aromatic nitrogens is 4. The molecule has 0 radical (unpaired) electrons. The average molecular weight is 259 g/mol. The molecule has 2 aromatic rings. The molecule has 0 aliphatic heterocycles. The molecule has 0 aliphatic carbocycles. The third-order valence-corrected chi connectivity index (χ3v) is 3.19. The Bertz CT molecular complexity index is 503. The first-order chi connectivity index (χ1) is 9.20. The minimum Gasteiger partial charge on any atom is -0.338 e. The monoisotopic (exact) mass is 259 g/mol. The van der Waals surface area contributed by atoms with Crippen molar-refractivity contribution >= 4 is 0 Å². The topological polar surface area (TPSA) is 55.6 Å². The number of hydrogen-bond acceptors (Lipinski definition) is 4. The molecule has 0 amide bonds. The van der Waals surface area contributed by atoms with Crippen molar-refractivity contribution in [3.63, 3.8) is 0 Å². The molecule has 102 valence electrons. The Morgan fingerprint density at radius 2 is 2.11 bits per heavy atom. The fraction of sp³-hybridized carbons (Fsp3) is 0.500. The summed E-state index contributed by atoms with van der Waals surface area (Å²) in [5, 5.41) is 3.46. The minimum atomic E-state index is 0.231. The van der Waals surface area contributed by atoms with Gasteiger partial charge in [0.2, 0.25) is 0 Å². The van der Waals surface area contributed by atoms with Gasteiger partial charge >= 0.3 is 0 Å². The Morgan fingerprint density at radius 3 is 2.68 bits per heavy atom. The third kappa shape index (κ3) is 3.61. The number of nitrogens with zero attached hydrogens (tertiary/aromatic N) is 4. The maximum atomic E-state index is 4.47. The second kappa shape index (κ2) is 6.43.